The average Bonchev–Trinajstić information content (AvgIpc) is 2.63. The van der Waals surface area contributed by atoms with Gasteiger partial charge < -0.3 is 0 Å². The molecule has 0 aromatic rings. The second kappa shape index (κ2) is 9.26. The van der Waals surface area contributed by atoms with Crippen LogP contribution in [0, 0.1) is 46.8 Å². The minimum absolute atomic E-state index is 0.381. The van der Waals surface area contributed by atoms with Gasteiger partial charge in [0.2, 0.25) is 0 Å². The van der Waals surface area contributed by atoms with Gasteiger partial charge in [0.15, 0.2) is 0 Å². The molecule has 1 heteroatoms. The Morgan fingerprint density at radius 2 is 1.42 bits per heavy atom. The molecule has 0 spiro atoms. The molecule has 4 unspecified atom stereocenters. The first kappa shape index (κ1) is 18.3. The normalized spacial score (nSPS) is 38.8. The van der Waals surface area contributed by atoms with E-state index in [9.17, 15) is 5.26 Å². The minimum Gasteiger partial charge on any atom is -0.198 e. The van der Waals surface area contributed by atoms with Crippen molar-refractivity contribution < 1.29 is 0 Å². The van der Waals surface area contributed by atoms with Crippen molar-refractivity contribution in [3.8, 4) is 6.07 Å². The number of hydrogen-bond acceptors (Lipinski definition) is 1. The Morgan fingerprint density at radius 3 is 2.17 bits per heavy atom. The van der Waals surface area contributed by atoms with E-state index in [0.29, 0.717) is 5.92 Å². The highest BCUT2D eigenvalue weighted by Gasteiger charge is 2.44. The lowest BCUT2D eigenvalue weighted by atomic mass is 9.55. The van der Waals surface area contributed by atoms with Crippen molar-refractivity contribution in [3.05, 3.63) is 0 Å². The summed E-state index contributed by atoms with van der Waals surface area (Å²) in [7, 11) is 0. The molecule has 3 saturated carbocycles. The summed E-state index contributed by atoms with van der Waals surface area (Å²) < 4.78 is 0. The number of hydrogen-bond donors (Lipinski definition) is 0. The van der Waals surface area contributed by atoms with Crippen LogP contribution in [0.25, 0.3) is 0 Å². The molecule has 0 aromatic heterocycles. The largest absolute Gasteiger partial charge is 0.198 e. The van der Waals surface area contributed by atoms with Gasteiger partial charge in [0.05, 0.1) is 6.07 Å². The highest BCUT2D eigenvalue weighted by atomic mass is 14.5. The Bertz CT molecular complexity index is 409. The molecule has 0 aromatic carbocycles. The molecular weight excluding hydrogens is 290 g/mol. The molecule has 6 atom stereocenters. The van der Waals surface area contributed by atoms with E-state index in [4.69, 9.17) is 0 Å². The van der Waals surface area contributed by atoms with Crippen molar-refractivity contribution in [2.75, 3.05) is 0 Å². The van der Waals surface area contributed by atoms with Gasteiger partial charge in [0.25, 0.3) is 0 Å². The molecule has 24 heavy (non-hydrogen) atoms. The summed E-state index contributed by atoms with van der Waals surface area (Å²) in [6.45, 7) is 2.31. The number of rotatable bonds is 7. The first-order chi connectivity index (χ1) is 11.8. The van der Waals surface area contributed by atoms with E-state index in [1.54, 1.807) is 6.42 Å². The predicted molar refractivity (Wildman–Crippen MR) is 101 cm³/mol. The van der Waals surface area contributed by atoms with Crippen molar-refractivity contribution in [3.63, 3.8) is 0 Å². The second-order valence-corrected chi connectivity index (χ2v) is 9.30. The number of fused-ring (bicyclic) bond motifs is 3. The summed E-state index contributed by atoms with van der Waals surface area (Å²) in [5, 5.41) is 9.25. The zero-order chi connectivity index (χ0) is 16.8. The Kier molecular flexibility index (Phi) is 7.06. The molecule has 3 aliphatic carbocycles. The fourth-order valence-electron chi connectivity index (χ4n) is 6.48. The Morgan fingerprint density at radius 1 is 0.750 bits per heavy atom. The fraction of sp³-hybridized carbons (Fsp3) is 0.957. The third kappa shape index (κ3) is 4.56. The molecule has 1 nitrogen and oxygen atoms in total. The van der Waals surface area contributed by atoms with Gasteiger partial charge in [-0.05, 0) is 74.5 Å². The van der Waals surface area contributed by atoms with Gasteiger partial charge in [-0.3, -0.25) is 0 Å². The topological polar surface area (TPSA) is 23.8 Å². The predicted octanol–water partition coefficient (Wildman–Crippen LogP) is 7.12. The highest BCUT2D eigenvalue weighted by molar-refractivity contribution is 4.98. The van der Waals surface area contributed by atoms with Gasteiger partial charge in [-0.2, -0.15) is 5.26 Å². The summed E-state index contributed by atoms with van der Waals surface area (Å²) >= 11 is 0. The third-order valence-corrected chi connectivity index (χ3v) is 7.80. The molecule has 0 bridgehead atoms. The van der Waals surface area contributed by atoms with Gasteiger partial charge in [0.1, 0.15) is 0 Å². The zero-order valence-electron chi connectivity index (χ0n) is 16.0. The monoisotopic (exact) mass is 329 g/mol. The molecule has 0 aliphatic heterocycles. The van der Waals surface area contributed by atoms with Gasteiger partial charge in [-0.1, -0.05) is 58.3 Å². The van der Waals surface area contributed by atoms with Crippen LogP contribution in [0.2, 0.25) is 0 Å². The summed E-state index contributed by atoms with van der Waals surface area (Å²) in [6, 6.07) is 2.56. The Balaban J connectivity index is 1.39. The van der Waals surface area contributed by atoms with E-state index < -0.39 is 0 Å². The van der Waals surface area contributed by atoms with E-state index in [0.717, 1.165) is 29.6 Å². The molecule has 3 rings (SSSR count). The van der Waals surface area contributed by atoms with Crippen molar-refractivity contribution in [2.24, 2.45) is 35.5 Å². The third-order valence-electron chi connectivity index (χ3n) is 7.80. The maximum absolute atomic E-state index is 9.25. The molecule has 3 aliphatic rings. The van der Waals surface area contributed by atoms with Crippen LogP contribution in [0.1, 0.15) is 103 Å². The van der Waals surface area contributed by atoms with Crippen LogP contribution >= 0.6 is 0 Å². The lowest BCUT2D eigenvalue weighted by Crippen LogP contribution is -2.41. The van der Waals surface area contributed by atoms with Crippen LogP contribution in [0.5, 0.6) is 0 Å². The van der Waals surface area contributed by atoms with Crippen LogP contribution < -0.4 is 0 Å². The van der Waals surface area contributed by atoms with Gasteiger partial charge in [0, 0.05) is 5.92 Å². The quantitative estimate of drug-likeness (QED) is 0.456. The zero-order valence-corrected chi connectivity index (χ0v) is 16.0. The molecule has 0 heterocycles. The highest BCUT2D eigenvalue weighted by Crippen LogP contribution is 2.53. The molecule has 136 valence electrons. The summed E-state index contributed by atoms with van der Waals surface area (Å²) in [5.74, 6) is 5.40. The van der Waals surface area contributed by atoms with Crippen molar-refractivity contribution in [1.82, 2.24) is 0 Å². The molecule has 0 amide bonds. The maximum atomic E-state index is 9.25. The van der Waals surface area contributed by atoms with Gasteiger partial charge in [-0.25, -0.2) is 0 Å². The summed E-state index contributed by atoms with van der Waals surface area (Å²) in [5.41, 5.74) is 0. The Labute approximate surface area is 150 Å². The van der Waals surface area contributed by atoms with E-state index in [-0.39, 0.29) is 0 Å². The smallest absolute Gasteiger partial charge is 0.0655 e. The number of nitriles is 1. The SMILES string of the molecule is CCCCCCCC[C@@H]1CCC2C(CCC3C[C@H](C#N)CCC32)C1. The minimum atomic E-state index is 0.381. The Hall–Kier alpha value is -0.510. The van der Waals surface area contributed by atoms with Crippen molar-refractivity contribution in [1.29, 1.82) is 5.26 Å². The lowest BCUT2D eigenvalue weighted by Gasteiger charge is -2.50. The fourth-order valence-corrected chi connectivity index (χ4v) is 6.48. The first-order valence-electron chi connectivity index (χ1n) is 11.2. The average molecular weight is 330 g/mol. The molecule has 0 saturated heterocycles. The van der Waals surface area contributed by atoms with E-state index in [1.165, 1.54) is 89.9 Å². The lowest BCUT2D eigenvalue weighted by molar-refractivity contribution is 0.00278. The van der Waals surface area contributed by atoms with Crippen molar-refractivity contribution in [2.45, 2.75) is 103 Å². The van der Waals surface area contributed by atoms with Gasteiger partial charge in [-0.15, -0.1) is 0 Å². The molecule has 0 N–H and O–H groups in total. The van der Waals surface area contributed by atoms with E-state index >= 15 is 0 Å². The van der Waals surface area contributed by atoms with E-state index in [1.807, 2.05) is 0 Å². The molecular formula is C23H39N. The van der Waals surface area contributed by atoms with Crippen LogP contribution in [0.3, 0.4) is 0 Å². The number of nitrogens with zero attached hydrogens (tertiary/aromatic N) is 1. The maximum Gasteiger partial charge on any atom is 0.0655 e. The van der Waals surface area contributed by atoms with Crippen LogP contribution in [0.4, 0.5) is 0 Å². The molecule has 0 radical (unpaired) electrons. The summed E-state index contributed by atoms with van der Waals surface area (Å²) in [4.78, 5) is 0. The first-order valence-corrected chi connectivity index (χ1v) is 11.2. The van der Waals surface area contributed by atoms with Crippen LogP contribution in [0.15, 0.2) is 0 Å². The summed E-state index contributed by atoms with van der Waals surface area (Å²) in [6.07, 6.45) is 21.5. The van der Waals surface area contributed by atoms with E-state index in [2.05, 4.69) is 13.0 Å². The van der Waals surface area contributed by atoms with Crippen LogP contribution in [-0.2, 0) is 0 Å². The number of unbranched alkanes of at least 4 members (excludes halogenated alkanes) is 5. The second-order valence-electron chi connectivity index (χ2n) is 9.30. The van der Waals surface area contributed by atoms with Crippen molar-refractivity contribution >= 4 is 0 Å². The standard InChI is InChI=1S/C23H39N/c1-2-3-4-5-6-7-8-18-9-13-22-20(15-18)11-12-21-16-19(17-24)10-14-23(21)22/h18-23H,2-16H2,1H3/t18-,19-,20?,21?,22?,23?/m1/s1. The molecule has 3 fully saturated rings. The van der Waals surface area contributed by atoms with Crippen LogP contribution in [-0.4, -0.2) is 0 Å². The van der Waals surface area contributed by atoms with Gasteiger partial charge >= 0.3 is 0 Å².